The van der Waals surface area contributed by atoms with E-state index in [1.807, 2.05) is 0 Å². The Labute approximate surface area is 301 Å². The Bertz CT molecular complexity index is 1410. The van der Waals surface area contributed by atoms with E-state index < -0.39 is 8.07 Å². The van der Waals surface area contributed by atoms with Crippen LogP contribution in [0.1, 0.15) is 88.0 Å². The van der Waals surface area contributed by atoms with Crippen molar-refractivity contribution >= 4 is 23.6 Å². The molecule has 0 atom stereocenters. The zero-order valence-electron chi connectivity index (χ0n) is 26.7. The Morgan fingerprint density at radius 1 is 0.568 bits per heavy atom. The van der Waals surface area contributed by atoms with E-state index in [0.717, 1.165) is 12.8 Å². The number of rotatable bonds is 9. The van der Waals surface area contributed by atoms with Crippen LogP contribution in [0.15, 0.2) is 120 Å². The molecular formula is C39H43Cl3SiTi. The molecule has 44 heavy (non-hydrogen) atoms. The summed E-state index contributed by atoms with van der Waals surface area (Å²) < 4.78 is 0. The number of benzene rings is 4. The molecule has 0 N–H and O–H groups in total. The van der Waals surface area contributed by atoms with Crippen molar-refractivity contribution in [3.8, 4) is 0 Å². The van der Waals surface area contributed by atoms with E-state index in [1.54, 1.807) is 5.20 Å². The number of allylic oxidation sites excluding steroid dienone is 4. The van der Waals surface area contributed by atoms with Gasteiger partial charge in [0.1, 0.15) is 0 Å². The average Bonchev–Trinajstić information content (AvgIpc) is 3.42. The molecule has 5 heteroatoms. The maximum absolute atomic E-state index is 3.77. The van der Waals surface area contributed by atoms with Gasteiger partial charge in [-0.05, 0) is 46.4 Å². The first kappa shape index (κ1) is 40.2. The Morgan fingerprint density at radius 2 is 0.977 bits per heavy atom. The Hall–Kier alpha value is -1.84. The zero-order chi connectivity index (χ0) is 28.3. The molecule has 1 aliphatic carbocycles. The van der Waals surface area contributed by atoms with Crippen LogP contribution in [0, 0.1) is 6.08 Å². The van der Waals surface area contributed by atoms with Gasteiger partial charge in [-0.25, -0.2) is 10.8 Å². The summed E-state index contributed by atoms with van der Waals surface area (Å²) in [6.45, 7) is 13.9. The van der Waals surface area contributed by atoms with Crippen LogP contribution in [-0.4, -0.2) is 8.07 Å². The Balaban J connectivity index is 0.00000242. The molecule has 4 aromatic carbocycles. The van der Waals surface area contributed by atoms with Crippen molar-refractivity contribution in [2.24, 2.45) is 0 Å². The second-order valence-corrected chi connectivity index (χ2v) is 16.1. The van der Waals surface area contributed by atoms with E-state index in [0.29, 0.717) is 17.8 Å². The van der Waals surface area contributed by atoms with Crippen molar-refractivity contribution in [1.82, 2.24) is 0 Å². The third-order valence-electron chi connectivity index (χ3n) is 8.58. The van der Waals surface area contributed by atoms with Gasteiger partial charge in [0, 0.05) is 0 Å². The monoisotopic (exact) mass is 692 g/mol. The van der Waals surface area contributed by atoms with E-state index >= 15 is 0 Å². The third-order valence-corrected chi connectivity index (χ3v) is 13.5. The summed E-state index contributed by atoms with van der Waals surface area (Å²) >= 11 is 0. The van der Waals surface area contributed by atoms with Gasteiger partial charge in [-0.3, -0.25) is 6.08 Å². The fourth-order valence-corrected chi connectivity index (χ4v) is 11.5. The summed E-state index contributed by atoms with van der Waals surface area (Å²) in [5.74, 6) is 1.42. The molecule has 1 aliphatic rings. The van der Waals surface area contributed by atoms with Crippen LogP contribution < -0.4 is 52.8 Å². The van der Waals surface area contributed by atoms with Crippen LogP contribution in [-0.2, 0) is 28.1 Å². The molecule has 0 saturated carbocycles. The maximum Gasteiger partial charge on any atom is 4.00 e. The van der Waals surface area contributed by atoms with Crippen LogP contribution in [0.2, 0.25) is 0 Å². The molecule has 0 amide bonds. The van der Waals surface area contributed by atoms with Gasteiger partial charge in [0.05, 0.1) is 8.07 Å². The van der Waals surface area contributed by atoms with Crippen LogP contribution in [0.5, 0.6) is 0 Å². The zero-order valence-corrected chi connectivity index (χ0v) is 31.5. The van der Waals surface area contributed by atoms with Crippen molar-refractivity contribution < 1.29 is 58.9 Å². The average molecular weight is 694 g/mol. The van der Waals surface area contributed by atoms with Crippen molar-refractivity contribution in [1.29, 1.82) is 0 Å². The topological polar surface area (TPSA) is 0 Å². The minimum Gasteiger partial charge on any atom is -1.00 e. The fraction of sp³-hybridized carbons (Fsp3) is 0.282. The quantitative estimate of drug-likeness (QED) is 0.125. The molecule has 0 fully saturated rings. The summed E-state index contributed by atoms with van der Waals surface area (Å²) in [7, 11) is -2.65. The fourth-order valence-electron chi connectivity index (χ4n) is 6.24. The van der Waals surface area contributed by atoms with E-state index in [2.05, 4.69) is 157 Å². The molecule has 0 radical (unpaired) electrons. The van der Waals surface area contributed by atoms with E-state index in [4.69, 9.17) is 0 Å². The summed E-state index contributed by atoms with van der Waals surface area (Å²) in [6, 6.07) is 39.6. The molecule has 0 aliphatic heterocycles. The van der Waals surface area contributed by atoms with Crippen molar-refractivity contribution in [3.05, 3.63) is 148 Å². The predicted octanol–water partition coefficient (Wildman–Crippen LogP) is -0.622. The van der Waals surface area contributed by atoms with Crippen molar-refractivity contribution in [3.63, 3.8) is 0 Å². The minimum atomic E-state index is -2.65. The smallest absolute Gasteiger partial charge is 1.00 e. The molecule has 0 nitrogen and oxygen atoms in total. The van der Waals surface area contributed by atoms with Gasteiger partial charge < -0.3 is 37.2 Å². The van der Waals surface area contributed by atoms with Gasteiger partial charge >= 0.3 is 21.7 Å². The summed E-state index contributed by atoms with van der Waals surface area (Å²) in [4.78, 5) is 0. The van der Waals surface area contributed by atoms with Crippen LogP contribution in [0.25, 0.3) is 0 Å². The predicted molar refractivity (Wildman–Crippen MR) is 176 cm³/mol. The van der Waals surface area contributed by atoms with Crippen molar-refractivity contribution in [2.45, 2.75) is 72.1 Å². The van der Waals surface area contributed by atoms with Gasteiger partial charge in [0.25, 0.3) is 0 Å². The van der Waals surface area contributed by atoms with Gasteiger partial charge in [-0.15, -0.1) is 0 Å². The standard InChI is InChI=1S/C39H43Si.3ClH.Ti/c1-28(2)32-16-10-20-36(25-32)40(37-21-11-17-33(26-37)29(3)4,38-22-12-18-34(27-38)30(5)6)39-23-13-19-35(39)24-31-14-8-7-9-15-31;;;;/h7-18,20-22,25-30H,23-24H2,1-6H3;3*1H;/q-1;;;;+4/p-3. The summed E-state index contributed by atoms with van der Waals surface area (Å²) in [6.07, 6.45) is 7.94. The molecule has 228 valence electrons. The number of hydrogen-bond acceptors (Lipinski definition) is 0. The van der Waals surface area contributed by atoms with E-state index in [9.17, 15) is 0 Å². The van der Waals surface area contributed by atoms with Gasteiger partial charge in [0.15, 0.2) is 0 Å². The molecule has 0 heterocycles. The normalized spacial score (nSPS) is 12.5. The van der Waals surface area contributed by atoms with Gasteiger partial charge in [0.2, 0.25) is 0 Å². The molecule has 0 unspecified atom stereocenters. The molecular weight excluding hydrogens is 651 g/mol. The van der Waals surface area contributed by atoms with E-state index in [1.165, 1.54) is 43.4 Å². The molecule has 0 bridgehead atoms. The largest absolute Gasteiger partial charge is 4.00 e. The molecule has 4 aromatic rings. The van der Waals surface area contributed by atoms with Gasteiger partial charge in [-0.2, -0.15) is 6.08 Å². The van der Waals surface area contributed by atoms with E-state index in [-0.39, 0.29) is 58.9 Å². The Morgan fingerprint density at radius 3 is 1.36 bits per heavy atom. The second-order valence-electron chi connectivity index (χ2n) is 12.3. The number of hydrogen-bond donors (Lipinski definition) is 0. The van der Waals surface area contributed by atoms with Crippen LogP contribution in [0.4, 0.5) is 0 Å². The van der Waals surface area contributed by atoms with Crippen LogP contribution >= 0.6 is 0 Å². The van der Waals surface area contributed by atoms with Crippen molar-refractivity contribution in [2.75, 3.05) is 0 Å². The SMILES string of the molecule is CC(C)c1cccc([Si](C2=C(Cc3ccccc3)[C-]=CC2)(c2cccc(C(C)C)c2)c2cccc(C(C)C)c2)c1.[Cl-].[Cl-].[Cl-].[Ti+4]. The maximum atomic E-state index is 3.77. The first-order valence-corrected chi connectivity index (χ1v) is 17.0. The number of halogens is 3. The third kappa shape index (κ3) is 8.30. The summed E-state index contributed by atoms with van der Waals surface area (Å²) in [5, 5.41) is 6.04. The first-order chi connectivity index (χ1) is 19.3. The molecule has 5 rings (SSSR count). The molecule has 0 spiro atoms. The molecule has 0 aromatic heterocycles. The summed E-state index contributed by atoms with van der Waals surface area (Å²) in [5.41, 5.74) is 6.96. The second kappa shape index (κ2) is 17.7. The van der Waals surface area contributed by atoms with Gasteiger partial charge in [-0.1, -0.05) is 167 Å². The van der Waals surface area contributed by atoms with Crippen LogP contribution in [0.3, 0.4) is 0 Å². The minimum absolute atomic E-state index is 0. The Kier molecular flexibility index (Phi) is 16.2. The first-order valence-electron chi connectivity index (χ1n) is 15.0. The molecule has 0 saturated heterocycles.